The molecule has 3 aromatic carbocycles. The number of amides is 1. The Morgan fingerprint density at radius 3 is 2.35 bits per heavy atom. The number of anilines is 1. The molecule has 6 heteroatoms. The Labute approximate surface area is 218 Å². The average molecular weight is 500 g/mol. The molecule has 1 unspecified atom stereocenters. The van der Waals surface area contributed by atoms with E-state index >= 15 is 0 Å². The largest absolute Gasteiger partial charge is 0.507 e. The lowest BCUT2D eigenvalue weighted by atomic mass is 9.94. The van der Waals surface area contributed by atoms with Crippen molar-refractivity contribution in [3.8, 4) is 11.5 Å². The Morgan fingerprint density at radius 1 is 0.973 bits per heavy atom. The van der Waals surface area contributed by atoms with Gasteiger partial charge >= 0.3 is 0 Å². The molecule has 6 nitrogen and oxygen atoms in total. The molecule has 1 aliphatic heterocycles. The van der Waals surface area contributed by atoms with Crippen molar-refractivity contribution >= 4 is 23.1 Å². The van der Waals surface area contributed by atoms with Gasteiger partial charge in [-0.05, 0) is 80.3 Å². The van der Waals surface area contributed by atoms with Crippen LogP contribution in [0.4, 0.5) is 5.69 Å². The van der Waals surface area contributed by atoms with E-state index in [1.165, 1.54) is 4.90 Å². The van der Waals surface area contributed by atoms with Crippen LogP contribution in [0.5, 0.6) is 11.5 Å². The van der Waals surface area contributed by atoms with Crippen LogP contribution in [0.1, 0.15) is 49.1 Å². The normalized spacial score (nSPS) is 16.9. The first kappa shape index (κ1) is 26.0. The number of nitrogens with zero attached hydrogens (tertiary/aromatic N) is 1. The fourth-order valence-electron chi connectivity index (χ4n) is 4.43. The SMILES string of the molecule is CCOc1ccc(/C(O)=C2\C(=O)C(=O)N(c3ccc(C)cc3)C2c2cccc(OCC(C)C)c2)cc1C. The second-order valence-electron chi connectivity index (χ2n) is 9.70. The van der Waals surface area contributed by atoms with Gasteiger partial charge < -0.3 is 14.6 Å². The molecule has 1 heterocycles. The second-order valence-corrected chi connectivity index (χ2v) is 9.70. The van der Waals surface area contributed by atoms with E-state index in [2.05, 4.69) is 13.8 Å². The zero-order valence-electron chi connectivity index (χ0n) is 21.9. The van der Waals surface area contributed by atoms with Gasteiger partial charge in [0.05, 0.1) is 24.8 Å². The number of ether oxygens (including phenoxy) is 2. The molecule has 0 saturated carbocycles. The summed E-state index contributed by atoms with van der Waals surface area (Å²) >= 11 is 0. The lowest BCUT2D eigenvalue weighted by molar-refractivity contribution is -0.132. The minimum absolute atomic E-state index is 0.0372. The van der Waals surface area contributed by atoms with Crippen LogP contribution in [0.2, 0.25) is 0 Å². The average Bonchev–Trinajstić information content (AvgIpc) is 3.14. The third-order valence-corrected chi connectivity index (χ3v) is 6.26. The van der Waals surface area contributed by atoms with Gasteiger partial charge in [-0.2, -0.15) is 0 Å². The number of aryl methyl sites for hydroxylation is 2. The molecule has 0 radical (unpaired) electrons. The number of hydrogen-bond donors (Lipinski definition) is 1. The molecule has 0 aromatic heterocycles. The van der Waals surface area contributed by atoms with Gasteiger partial charge in [-0.1, -0.05) is 43.7 Å². The fraction of sp³-hybridized carbons (Fsp3) is 0.290. The minimum atomic E-state index is -0.822. The van der Waals surface area contributed by atoms with E-state index in [4.69, 9.17) is 9.47 Å². The molecular weight excluding hydrogens is 466 g/mol. The Kier molecular flexibility index (Phi) is 7.67. The van der Waals surface area contributed by atoms with Gasteiger partial charge in [-0.25, -0.2) is 0 Å². The highest BCUT2D eigenvalue weighted by atomic mass is 16.5. The Morgan fingerprint density at radius 2 is 1.70 bits per heavy atom. The van der Waals surface area contributed by atoms with E-state index in [9.17, 15) is 14.7 Å². The summed E-state index contributed by atoms with van der Waals surface area (Å²) in [6.07, 6.45) is 0. The molecule has 0 spiro atoms. The number of rotatable bonds is 8. The Bertz CT molecular complexity index is 1340. The van der Waals surface area contributed by atoms with Gasteiger partial charge in [0.1, 0.15) is 17.3 Å². The molecule has 1 saturated heterocycles. The third kappa shape index (κ3) is 5.38. The van der Waals surface area contributed by atoms with Crippen LogP contribution in [0.15, 0.2) is 72.3 Å². The quantitative estimate of drug-likeness (QED) is 0.222. The van der Waals surface area contributed by atoms with Crippen molar-refractivity contribution in [3.63, 3.8) is 0 Å². The smallest absolute Gasteiger partial charge is 0.300 e. The van der Waals surface area contributed by atoms with Gasteiger partial charge in [-0.15, -0.1) is 0 Å². The molecule has 1 N–H and O–H groups in total. The van der Waals surface area contributed by atoms with Crippen molar-refractivity contribution in [3.05, 3.63) is 94.6 Å². The topological polar surface area (TPSA) is 76.1 Å². The van der Waals surface area contributed by atoms with Crippen LogP contribution in [0.25, 0.3) is 5.76 Å². The van der Waals surface area contributed by atoms with E-state index in [1.54, 1.807) is 18.2 Å². The zero-order valence-corrected chi connectivity index (χ0v) is 21.9. The third-order valence-electron chi connectivity index (χ3n) is 6.26. The lowest BCUT2D eigenvalue weighted by Crippen LogP contribution is -2.29. The highest BCUT2D eigenvalue weighted by Gasteiger charge is 2.47. The highest BCUT2D eigenvalue weighted by Crippen LogP contribution is 2.43. The first-order valence-corrected chi connectivity index (χ1v) is 12.6. The van der Waals surface area contributed by atoms with E-state index in [0.29, 0.717) is 47.4 Å². The van der Waals surface area contributed by atoms with Crippen molar-refractivity contribution in [1.82, 2.24) is 0 Å². The van der Waals surface area contributed by atoms with E-state index in [1.807, 2.05) is 69.3 Å². The van der Waals surface area contributed by atoms with Crippen molar-refractivity contribution in [2.75, 3.05) is 18.1 Å². The number of carbonyl (C=O) groups is 2. The summed E-state index contributed by atoms with van der Waals surface area (Å²) in [6.45, 7) is 10.9. The van der Waals surface area contributed by atoms with Crippen molar-refractivity contribution in [2.45, 2.75) is 40.7 Å². The first-order valence-electron chi connectivity index (χ1n) is 12.6. The van der Waals surface area contributed by atoms with E-state index < -0.39 is 17.7 Å². The maximum absolute atomic E-state index is 13.4. The summed E-state index contributed by atoms with van der Waals surface area (Å²) in [7, 11) is 0. The molecule has 1 amide bonds. The molecule has 1 fully saturated rings. The summed E-state index contributed by atoms with van der Waals surface area (Å²) in [6, 6.07) is 19.2. The van der Waals surface area contributed by atoms with Gasteiger partial charge in [0.15, 0.2) is 0 Å². The molecule has 0 aliphatic carbocycles. The monoisotopic (exact) mass is 499 g/mol. The fourth-order valence-corrected chi connectivity index (χ4v) is 4.43. The maximum atomic E-state index is 13.4. The second kappa shape index (κ2) is 10.9. The van der Waals surface area contributed by atoms with E-state index in [-0.39, 0.29) is 11.3 Å². The van der Waals surface area contributed by atoms with Gasteiger partial charge in [0.2, 0.25) is 0 Å². The van der Waals surface area contributed by atoms with Gasteiger partial charge in [-0.3, -0.25) is 14.5 Å². The highest BCUT2D eigenvalue weighted by molar-refractivity contribution is 6.51. The number of Topliss-reactive ketones (excluding diaryl/α,β-unsaturated/α-hetero) is 1. The van der Waals surface area contributed by atoms with Crippen molar-refractivity contribution < 1.29 is 24.2 Å². The lowest BCUT2D eigenvalue weighted by Gasteiger charge is -2.26. The summed E-state index contributed by atoms with van der Waals surface area (Å²) in [5.41, 5.74) is 3.58. The number of benzene rings is 3. The van der Waals surface area contributed by atoms with Crippen LogP contribution < -0.4 is 14.4 Å². The van der Waals surface area contributed by atoms with Crippen LogP contribution in [0, 0.1) is 19.8 Å². The summed E-state index contributed by atoms with van der Waals surface area (Å²) in [4.78, 5) is 28.3. The van der Waals surface area contributed by atoms with Crippen LogP contribution in [0.3, 0.4) is 0 Å². The standard InChI is InChI=1S/C31H33NO5/c1-6-36-26-15-12-23(16-21(26)5)29(33)27-28(22-8-7-9-25(17-22)37-18-19(2)3)32(31(35)30(27)34)24-13-10-20(4)11-14-24/h7-17,19,28,33H,6,18H2,1-5H3/b29-27+. The predicted octanol–water partition coefficient (Wildman–Crippen LogP) is 6.36. The number of carbonyl (C=O) groups excluding carboxylic acids is 2. The van der Waals surface area contributed by atoms with Crippen LogP contribution >= 0.6 is 0 Å². The molecule has 4 rings (SSSR count). The first-order chi connectivity index (χ1) is 17.7. The van der Waals surface area contributed by atoms with Crippen LogP contribution in [-0.2, 0) is 9.59 Å². The number of hydrogen-bond acceptors (Lipinski definition) is 5. The molecule has 0 bridgehead atoms. The van der Waals surface area contributed by atoms with Crippen molar-refractivity contribution in [1.29, 1.82) is 0 Å². The Hall–Kier alpha value is -4.06. The van der Waals surface area contributed by atoms with Crippen LogP contribution in [-0.4, -0.2) is 30.0 Å². The zero-order chi connectivity index (χ0) is 26.7. The number of ketones is 1. The molecular formula is C31H33NO5. The molecule has 1 aliphatic rings. The number of aliphatic hydroxyl groups is 1. The van der Waals surface area contributed by atoms with Crippen molar-refractivity contribution in [2.24, 2.45) is 5.92 Å². The summed E-state index contributed by atoms with van der Waals surface area (Å²) in [5, 5.41) is 11.4. The summed E-state index contributed by atoms with van der Waals surface area (Å²) in [5.74, 6) is 0.0281. The van der Waals surface area contributed by atoms with Gasteiger partial charge in [0, 0.05) is 11.3 Å². The predicted molar refractivity (Wildman–Crippen MR) is 145 cm³/mol. The Balaban J connectivity index is 1.88. The molecule has 3 aromatic rings. The molecule has 192 valence electrons. The number of aliphatic hydroxyl groups excluding tert-OH is 1. The van der Waals surface area contributed by atoms with E-state index in [0.717, 1.165) is 11.1 Å². The minimum Gasteiger partial charge on any atom is -0.507 e. The van der Waals surface area contributed by atoms with Gasteiger partial charge in [0.25, 0.3) is 11.7 Å². The maximum Gasteiger partial charge on any atom is 0.300 e. The molecule has 37 heavy (non-hydrogen) atoms. The molecule has 1 atom stereocenters. The summed E-state index contributed by atoms with van der Waals surface area (Å²) < 4.78 is 11.6.